The van der Waals surface area contributed by atoms with Gasteiger partial charge in [0.1, 0.15) is 17.2 Å². The van der Waals surface area contributed by atoms with Gasteiger partial charge in [0, 0.05) is 17.8 Å². The molecule has 0 aliphatic heterocycles. The van der Waals surface area contributed by atoms with E-state index in [1.54, 1.807) is 21.3 Å². The van der Waals surface area contributed by atoms with Crippen LogP contribution in [-0.4, -0.2) is 21.3 Å². The minimum atomic E-state index is 0.0336. The van der Waals surface area contributed by atoms with Crippen molar-refractivity contribution in [3.8, 4) is 17.2 Å². The summed E-state index contributed by atoms with van der Waals surface area (Å²) in [5, 5.41) is 0. The lowest BCUT2D eigenvalue weighted by Gasteiger charge is -2.24. The van der Waals surface area contributed by atoms with Crippen molar-refractivity contribution in [1.29, 1.82) is 0 Å². The number of hydrogen-bond acceptors (Lipinski definition) is 3. The van der Waals surface area contributed by atoms with E-state index in [2.05, 4.69) is 158 Å². The van der Waals surface area contributed by atoms with E-state index < -0.39 is 0 Å². The lowest BCUT2D eigenvalue weighted by atomic mass is 9.80. The van der Waals surface area contributed by atoms with Gasteiger partial charge in [-0.3, -0.25) is 0 Å². The largest absolute Gasteiger partial charge is 0.497 e. The lowest BCUT2D eigenvalue weighted by Crippen LogP contribution is -2.07. The Morgan fingerprint density at radius 3 is 0.608 bits per heavy atom. The first-order valence-electron chi connectivity index (χ1n) is 17.4. The first-order chi connectivity index (χ1) is 25.1. The highest BCUT2D eigenvalue weighted by atomic mass is 16.5. The van der Waals surface area contributed by atoms with Crippen molar-refractivity contribution in [2.75, 3.05) is 21.3 Å². The smallest absolute Gasteiger partial charge is 0.118 e. The molecular weight excluding hydrogens is 625 g/mol. The van der Waals surface area contributed by atoms with Gasteiger partial charge < -0.3 is 14.2 Å². The summed E-state index contributed by atoms with van der Waals surface area (Å²) < 4.78 is 16.5. The van der Waals surface area contributed by atoms with Crippen LogP contribution in [0.1, 0.15) is 67.8 Å². The molecule has 252 valence electrons. The monoisotopic (exact) mass is 666 g/mol. The molecular formula is C48H42O3. The molecule has 0 bridgehead atoms. The Balaban J connectivity index is 1.27. The molecule has 0 saturated heterocycles. The molecule has 7 aromatic carbocycles. The summed E-state index contributed by atoms with van der Waals surface area (Å²) in [4.78, 5) is 0. The van der Waals surface area contributed by atoms with E-state index in [9.17, 15) is 0 Å². The van der Waals surface area contributed by atoms with Gasteiger partial charge in [0.15, 0.2) is 0 Å². The van der Waals surface area contributed by atoms with Crippen LogP contribution in [0.5, 0.6) is 17.2 Å². The van der Waals surface area contributed by atoms with Crippen LogP contribution in [0.15, 0.2) is 182 Å². The van der Waals surface area contributed by atoms with Gasteiger partial charge in [0.2, 0.25) is 0 Å². The lowest BCUT2D eigenvalue weighted by molar-refractivity contribution is 0.414. The maximum atomic E-state index is 5.53. The summed E-state index contributed by atoms with van der Waals surface area (Å²) in [6.45, 7) is 0. The van der Waals surface area contributed by atoms with Gasteiger partial charge in [0.05, 0.1) is 21.3 Å². The topological polar surface area (TPSA) is 27.7 Å². The van der Waals surface area contributed by atoms with Gasteiger partial charge in [-0.05, 0) is 86.5 Å². The van der Waals surface area contributed by atoms with Gasteiger partial charge >= 0.3 is 0 Å². The molecule has 51 heavy (non-hydrogen) atoms. The van der Waals surface area contributed by atoms with Crippen LogP contribution in [0.3, 0.4) is 0 Å². The summed E-state index contributed by atoms with van der Waals surface area (Å²) in [7, 11) is 5.12. The van der Waals surface area contributed by atoms with E-state index in [1.807, 2.05) is 24.3 Å². The van der Waals surface area contributed by atoms with Crippen molar-refractivity contribution in [1.82, 2.24) is 0 Å². The second kappa shape index (κ2) is 15.7. The minimum Gasteiger partial charge on any atom is -0.497 e. The SMILES string of the molecule is COc1ccc(C(c2ccccc2)c2ccc(C(c3ccc(OC)cc3)c3ccc(C(c4ccccc4)c4ccc(OC)cc4)cc3)cc2)cc1. The number of methoxy groups -OCH3 is 3. The van der Waals surface area contributed by atoms with Crippen LogP contribution >= 0.6 is 0 Å². The Bertz CT molecular complexity index is 1970. The zero-order chi connectivity index (χ0) is 35.0. The predicted molar refractivity (Wildman–Crippen MR) is 208 cm³/mol. The van der Waals surface area contributed by atoms with Gasteiger partial charge in [-0.25, -0.2) is 0 Å². The van der Waals surface area contributed by atoms with E-state index in [-0.39, 0.29) is 17.8 Å². The predicted octanol–water partition coefficient (Wildman–Crippen LogP) is 11.3. The summed E-state index contributed by atoms with van der Waals surface area (Å²) in [5.74, 6) is 2.78. The number of benzene rings is 7. The molecule has 2 atom stereocenters. The maximum Gasteiger partial charge on any atom is 0.118 e. The number of rotatable bonds is 12. The molecule has 0 spiro atoms. The molecule has 0 heterocycles. The number of hydrogen-bond donors (Lipinski definition) is 0. The Morgan fingerprint density at radius 2 is 0.412 bits per heavy atom. The highest BCUT2D eigenvalue weighted by Crippen LogP contribution is 2.39. The molecule has 7 aromatic rings. The average Bonchev–Trinajstić information content (AvgIpc) is 3.21. The third-order valence-corrected chi connectivity index (χ3v) is 9.82. The minimum absolute atomic E-state index is 0.0336. The van der Waals surface area contributed by atoms with Crippen LogP contribution in [-0.2, 0) is 0 Å². The second-order valence-electron chi connectivity index (χ2n) is 12.8. The van der Waals surface area contributed by atoms with Crippen molar-refractivity contribution in [3.63, 3.8) is 0 Å². The second-order valence-corrected chi connectivity index (χ2v) is 12.8. The van der Waals surface area contributed by atoms with Crippen LogP contribution in [0.25, 0.3) is 0 Å². The fraction of sp³-hybridized carbons (Fsp3) is 0.125. The summed E-state index contributed by atoms with van der Waals surface area (Å²) >= 11 is 0. The van der Waals surface area contributed by atoms with E-state index in [0.717, 1.165) is 17.2 Å². The molecule has 7 rings (SSSR count). The number of ether oxygens (including phenoxy) is 3. The highest BCUT2D eigenvalue weighted by molar-refractivity contribution is 5.51. The van der Waals surface area contributed by atoms with Crippen molar-refractivity contribution in [2.24, 2.45) is 0 Å². The third kappa shape index (κ3) is 7.44. The van der Waals surface area contributed by atoms with Gasteiger partial charge in [-0.15, -0.1) is 0 Å². The van der Waals surface area contributed by atoms with Crippen molar-refractivity contribution >= 4 is 0 Å². The van der Waals surface area contributed by atoms with Gasteiger partial charge in [0.25, 0.3) is 0 Å². The summed E-state index contributed by atoms with van der Waals surface area (Å²) in [6.07, 6.45) is 0. The van der Waals surface area contributed by atoms with Crippen molar-refractivity contribution < 1.29 is 14.2 Å². The average molecular weight is 667 g/mol. The van der Waals surface area contributed by atoms with E-state index >= 15 is 0 Å². The molecule has 0 saturated carbocycles. The van der Waals surface area contributed by atoms with E-state index in [1.165, 1.54) is 50.1 Å². The fourth-order valence-electron chi connectivity index (χ4n) is 7.17. The Labute approximate surface area is 301 Å². The Morgan fingerprint density at radius 1 is 0.235 bits per heavy atom. The van der Waals surface area contributed by atoms with Crippen molar-refractivity contribution in [3.05, 3.63) is 232 Å². The summed E-state index contributed by atoms with van der Waals surface area (Å²) in [6, 6.07) is 65.0. The molecule has 3 nitrogen and oxygen atoms in total. The first kappa shape index (κ1) is 33.4. The standard InChI is InChI=1S/C48H42O3/c1-49-43-28-22-40(23-29-43)46(34-10-6-4-7-11-34)36-14-18-38(19-15-36)48(42-26-32-45(51-3)33-27-42)39-20-16-37(17-21-39)47(35-12-8-5-9-13-35)41-24-30-44(50-2)31-25-41/h4-33,46-48H,1-3H3. The molecule has 0 aliphatic rings. The van der Waals surface area contributed by atoms with Crippen LogP contribution in [0.4, 0.5) is 0 Å². The Kier molecular flexibility index (Phi) is 10.3. The molecule has 0 aliphatic carbocycles. The van der Waals surface area contributed by atoms with Crippen molar-refractivity contribution in [2.45, 2.75) is 17.8 Å². The highest BCUT2D eigenvalue weighted by Gasteiger charge is 2.22. The Hall–Kier alpha value is -6.06. The molecule has 0 amide bonds. The molecule has 0 radical (unpaired) electrons. The third-order valence-electron chi connectivity index (χ3n) is 9.82. The van der Waals surface area contributed by atoms with Gasteiger partial charge in [-0.2, -0.15) is 0 Å². The fourth-order valence-corrected chi connectivity index (χ4v) is 7.17. The zero-order valence-electron chi connectivity index (χ0n) is 29.3. The summed E-state index contributed by atoms with van der Waals surface area (Å²) in [5.41, 5.74) is 11.1. The molecule has 3 heteroatoms. The normalized spacial score (nSPS) is 12.8. The molecule has 0 fully saturated rings. The maximum absolute atomic E-state index is 5.53. The van der Waals surface area contributed by atoms with Crippen LogP contribution in [0, 0.1) is 0 Å². The van der Waals surface area contributed by atoms with E-state index in [4.69, 9.17) is 14.2 Å². The van der Waals surface area contributed by atoms with Crippen LogP contribution < -0.4 is 14.2 Å². The van der Waals surface area contributed by atoms with Crippen LogP contribution in [0.2, 0.25) is 0 Å². The van der Waals surface area contributed by atoms with Gasteiger partial charge in [-0.1, -0.05) is 146 Å². The quantitative estimate of drug-likeness (QED) is 0.122. The molecule has 0 aromatic heterocycles. The first-order valence-corrected chi connectivity index (χ1v) is 17.4. The molecule has 0 N–H and O–H groups in total. The van der Waals surface area contributed by atoms with E-state index in [0.29, 0.717) is 0 Å². The molecule has 2 unspecified atom stereocenters. The zero-order valence-corrected chi connectivity index (χ0v) is 29.3.